The van der Waals surface area contributed by atoms with E-state index in [1.165, 1.54) is 14.1 Å². The van der Waals surface area contributed by atoms with E-state index in [9.17, 15) is 14.4 Å². The lowest BCUT2D eigenvalue weighted by Crippen LogP contribution is -2.46. The lowest BCUT2D eigenvalue weighted by Gasteiger charge is -1.96. The van der Waals surface area contributed by atoms with Gasteiger partial charge in [0.05, 0.1) is 0 Å². The molecule has 1 aromatic rings. The Hall–Kier alpha value is -1.59. The van der Waals surface area contributed by atoms with Crippen LogP contribution in [0.1, 0.15) is 7.43 Å². The molecule has 0 bridgehead atoms. The number of aromatic amines is 1. The summed E-state index contributed by atoms with van der Waals surface area (Å²) in [7, 11) is 2.58. The molecule has 1 aromatic heterocycles. The first-order valence-electron chi connectivity index (χ1n) is 2.90. The van der Waals surface area contributed by atoms with E-state index in [1.54, 1.807) is 0 Å². The van der Waals surface area contributed by atoms with Gasteiger partial charge in [-0.25, -0.2) is 23.5 Å². The van der Waals surface area contributed by atoms with Crippen molar-refractivity contribution in [3.63, 3.8) is 0 Å². The van der Waals surface area contributed by atoms with Crippen LogP contribution in [0.25, 0.3) is 0 Å². The first-order valence-corrected chi connectivity index (χ1v) is 2.90. The van der Waals surface area contributed by atoms with Gasteiger partial charge in [-0.2, -0.15) is 0 Å². The van der Waals surface area contributed by atoms with Crippen molar-refractivity contribution in [2.45, 2.75) is 7.43 Å². The molecule has 68 valence electrons. The Morgan fingerprint density at radius 1 is 1.00 bits per heavy atom. The molecular formula is C6H11N3O3. The summed E-state index contributed by atoms with van der Waals surface area (Å²) < 4.78 is 1.64. The fourth-order valence-electron chi connectivity index (χ4n) is 0.658. The van der Waals surface area contributed by atoms with Crippen LogP contribution in [-0.4, -0.2) is 14.1 Å². The molecule has 0 radical (unpaired) electrons. The van der Waals surface area contributed by atoms with Crippen LogP contribution in [0.3, 0.4) is 0 Å². The maximum absolute atomic E-state index is 10.9. The van der Waals surface area contributed by atoms with Gasteiger partial charge in [0.15, 0.2) is 0 Å². The van der Waals surface area contributed by atoms with Crippen LogP contribution in [0, 0.1) is 0 Å². The molecule has 0 fully saturated rings. The van der Waals surface area contributed by atoms with E-state index in [0.717, 1.165) is 9.13 Å². The van der Waals surface area contributed by atoms with Crippen LogP contribution in [0.2, 0.25) is 0 Å². The smallest absolute Gasteiger partial charge is 0.259 e. The van der Waals surface area contributed by atoms with Gasteiger partial charge in [0.1, 0.15) is 0 Å². The molecule has 0 aliphatic carbocycles. The molecule has 0 amide bonds. The highest BCUT2D eigenvalue weighted by Crippen LogP contribution is 1.52. The molecule has 1 rings (SSSR count). The molecule has 0 saturated heterocycles. The SMILES string of the molecule is C.Cn1c(=O)[nH]c(=O)n(C)c1=O. The second kappa shape index (κ2) is 3.21. The average molecular weight is 173 g/mol. The van der Waals surface area contributed by atoms with Crippen molar-refractivity contribution in [1.29, 1.82) is 0 Å². The van der Waals surface area contributed by atoms with Gasteiger partial charge in [0.25, 0.3) is 0 Å². The molecule has 0 aliphatic rings. The topological polar surface area (TPSA) is 76.9 Å². The van der Waals surface area contributed by atoms with Crippen LogP contribution in [-0.2, 0) is 14.1 Å². The van der Waals surface area contributed by atoms with Gasteiger partial charge in [-0.05, 0) is 0 Å². The molecule has 0 spiro atoms. The summed E-state index contributed by atoms with van der Waals surface area (Å²) in [5, 5.41) is 0. The van der Waals surface area contributed by atoms with Crippen LogP contribution >= 0.6 is 0 Å². The summed E-state index contributed by atoms with van der Waals surface area (Å²) in [5.74, 6) is 0. The first-order chi connectivity index (χ1) is 5.04. The monoisotopic (exact) mass is 173 g/mol. The van der Waals surface area contributed by atoms with E-state index in [2.05, 4.69) is 0 Å². The highest BCUT2D eigenvalue weighted by atomic mass is 16.2. The summed E-state index contributed by atoms with van der Waals surface area (Å²) in [6.45, 7) is 0. The van der Waals surface area contributed by atoms with E-state index < -0.39 is 17.1 Å². The van der Waals surface area contributed by atoms with Crippen LogP contribution in [0.15, 0.2) is 14.4 Å². The van der Waals surface area contributed by atoms with Gasteiger partial charge >= 0.3 is 17.1 Å². The van der Waals surface area contributed by atoms with Gasteiger partial charge in [-0.3, -0.25) is 4.98 Å². The Morgan fingerprint density at radius 2 is 1.33 bits per heavy atom. The molecule has 12 heavy (non-hydrogen) atoms. The highest BCUT2D eigenvalue weighted by Gasteiger charge is 1.99. The largest absolute Gasteiger partial charge is 0.335 e. The average Bonchev–Trinajstić information content (AvgIpc) is 1.97. The summed E-state index contributed by atoms with van der Waals surface area (Å²) in [6.07, 6.45) is 0. The second-order valence-corrected chi connectivity index (χ2v) is 2.14. The number of nitrogens with zero attached hydrogens (tertiary/aromatic N) is 2. The van der Waals surface area contributed by atoms with E-state index in [0.29, 0.717) is 0 Å². The van der Waals surface area contributed by atoms with Gasteiger partial charge in [0.2, 0.25) is 0 Å². The second-order valence-electron chi connectivity index (χ2n) is 2.14. The lowest BCUT2D eigenvalue weighted by molar-refractivity contribution is 0.619. The van der Waals surface area contributed by atoms with Crippen molar-refractivity contribution in [3.8, 4) is 0 Å². The molecule has 1 heterocycles. The number of H-pyrrole nitrogens is 1. The highest BCUT2D eigenvalue weighted by molar-refractivity contribution is 4.69. The Labute approximate surface area is 68.1 Å². The van der Waals surface area contributed by atoms with Crippen LogP contribution < -0.4 is 17.1 Å². The van der Waals surface area contributed by atoms with Gasteiger partial charge < -0.3 is 0 Å². The van der Waals surface area contributed by atoms with E-state index >= 15 is 0 Å². The maximum Gasteiger partial charge on any atom is 0.335 e. The normalized spacial score (nSPS) is 9.17. The molecule has 0 unspecified atom stereocenters. The fraction of sp³-hybridized carbons (Fsp3) is 0.500. The predicted octanol–water partition coefficient (Wildman–Crippen LogP) is -1.59. The molecule has 6 nitrogen and oxygen atoms in total. The summed E-state index contributed by atoms with van der Waals surface area (Å²) in [4.78, 5) is 34.3. The number of aromatic nitrogens is 3. The Bertz CT molecular complexity index is 399. The Morgan fingerprint density at radius 3 is 1.67 bits per heavy atom. The van der Waals surface area contributed by atoms with Crippen molar-refractivity contribution in [3.05, 3.63) is 31.5 Å². The van der Waals surface area contributed by atoms with Crippen LogP contribution in [0.5, 0.6) is 0 Å². The fourth-order valence-corrected chi connectivity index (χ4v) is 0.658. The Balaban J connectivity index is 0.00000121. The predicted molar refractivity (Wildman–Crippen MR) is 44.3 cm³/mol. The number of nitrogens with one attached hydrogen (secondary N) is 1. The van der Waals surface area contributed by atoms with Crippen LogP contribution in [0.4, 0.5) is 0 Å². The molecule has 0 aromatic carbocycles. The third-order valence-electron chi connectivity index (χ3n) is 1.40. The lowest BCUT2D eigenvalue weighted by atomic mass is 10.9. The zero-order chi connectivity index (χ0) is 8.59. The zero-order valence-electron chi connectivity index (χ0n) is 6.12. The van der Waals surface area contributed by atoms with Crippen molar-refractivity contribution >= 4 is 0 Å². The first kappa shape index (κ1) is 10.4. The van der Waals surface area contributed by atoms with E-state index in [4.69, 9.17) is 0 Å². The van der Waals surface area contributed by atoms with Crippen molar-refractivity contribution in [1.82, 2.24) is 14.1 Å². The molecule has 1 N–H and O–H groups in total. The molecular weight excluding hydrogens is 162 g/mol. The number of hydrogen-bond donors (Lipinski definition) is 1. The molecule has 0 aliphatic heterocycles. The van der Waals surface area contributed by atoms with Gasteiger partial charge in [-0.1, -0.05) is 7.43 Å². The Kier molecular flexibility index (Phi) is 2.78. The molecule has 0 saturated carbocycles. The quantitative estimate of drug-likeness (QED) is 0.513. The van der Waals surface area contributed by atoms with E-state index in [-0.39, 0.29) is 7.43 Å². The standard InChI is InChI=1S/C5H7N3O3.CH4/c1-7-3(9)6-4(10)8(2)5(7)11;/h1-2H3,(H,6,9,10);1H4. The third kappa shape index (κ3) is 1.36. The number of hydrogen-bond acceptors (Lipinski definition) is 3. The minimum Gasteiger partial charge on any atom is -0.259 e. The summed E-state index contributed by atoms with van der Waals surface area (Å²) >= 11 is 0. The van der Waals surface area contributed by atoms with Crippen molar-refractivity contribution < 1.29 is 0 Å². The number of rotatable bonds is 0. The minimum absolute atomic E-state index is 0. The molecule has 0 atom stereocenters. The molecule has 6 heteroatoms. The van der Waals surface area contributed by atoms with Crippen molar-refractivity contribution in [2.24, 2.45) is 14.1 Å². The van der Waals surface area contributed by atoms with E-state index in [1.807, 2.05) is 4.98 Å². The van der Waals surface area contributed by atoms with Gasteiger partial charge in [0, 0.05) is 14.1 Å². The van der Waals surface area contributed by atoms with Gasteiger partial charge in [-0.15, -0.1) is 0 Å². The van der Waals surface area contributed by atoms with Crippen molar-refractivity contribution in [2.75, 3.05) is 0 Å². The maximum atomic E-state index is 10.9. The minimum atomic E-state index is -0.696. The summed E-state index contributed by atoms with van der Waals surface area (Å²) in [6, 6.07) is 0. The zero-order valence-corrected chi connectivity index (χ0v) is 6.12. The summed E-state index contributed by atoms with van der Waals surface area (Å²) in [5.41, 5.74) is -2.02. The third-order valence-corrected chi connectivity index (χ3v) is 1.40.